The van der Waals surface area contributed by atoms with E-state index in [1.54, 1.807) is 0 Å². The van der Waals surface area contributed by atoms with Crippen molar-refractivity contribution in [1.29, 1.82) is 0 Å². The molecule has 2 heterocycles. The Labute approximate surface area is 179 Å². The molecule has 30 heavy (non-hydrogen) atoms. The van der Waals surface area contributed by atoms with Crippen molar-refractivity contribution in [1.82, 2.24) is 9.97 Å². The van der Waals surface area contributed by atoms with E-state index in [1.807, 2.05) is 12.3 Å². The molecule has 2 nitrogen and oxygen atoms in total. The fraction of sp³-hybridized carbons (Fsp3) is 0.214. The molecule has 2 aromatic heterocycles. The summed E-state index contributed by atoms with van der Waals surface area (Å²) in [4.78, 5) is 9.79. The second-order valence-corrected chi connectivity index (χ2v) is 8.37. The Kier molecular flexibility index (Phi) is 5.76. The number of rotatable bonds is 5. The van der Waals surface area contributed by atoms with Gasteiger partial charge < -0.3 is 0 Å². The third-order valence-electron chi connectivity index (χ3n) is 5.50. The molecule has 2 aromatic carbocycles. The minimum atomic E-state index is 0.393. The Balaban J connectivity index is 1.79. The second kappa shape index (κ2) is 8.62. The molecule has 4 rings (SSSR count). The molecule has 0 radical (unpaired) electrons. The summed E-state index contributed by atoms with van der Waals surface area (Å²) in [6.45, 7) is 8.82. The van der Waals surface area contributed by atoms with Gasteiger partial charge in [-0.2, -0.15) is 0 Å². The zero-order valence-electron chi connectivity index (χ0n) is 18.1. The van der Waals surface area contributed by atoms with Crippen LogP contribution < -0.4 is 0 Å². The normalized spacial score (nSPS) is 11.3. The van der Waals surface area contributed by atoms with E-state index in [1.165, 1.54) is 11.1 Å². The van der Waals surface area contributed by atoms with Crippen molar-refractivity contribution >= 4 is 0 Å². The van der Waals surface area contributed by atoms with Crippen molar-refractivity contribution in [2.45, 2.75) is 39.5 Å². The highest BCUT2D eigenvalue weighted by molar-refractivity contribution is 5.74. The minimum Gasteiger partial charge on any atom is -0.256 e. The van der Waals surface area contributed by atoms with Crippen molar-refractivity contribution < 1.29 is 0 Å². The summed E-state index contributed by atoms with van der Waals surface area (Å²) in [5.41, 5.74) is 8.94. The van der Waals surface area contributed by atoms with Gasteiger partial charge in [-0.3, -0.25) is 4.98 Å². The summed E-state index contributed by atoms with van der Waals surface area (Å²) >= 11 is 0. The molecule has 0 saturated carbocycles. The van der Waals surface area contributed by atoms with Gasteiger partial charge in [-0.05, 0) is 41.2 Å². The summed E-state index contributed by atoms with van der Waals surface area (Å²) in [7, 11) is 0. The standard InChI is InChI=1S/C28H28N2/c1-19(2)24-13-15-26(29-18-24)22-11-8-12-23(17-22)28-25(20(3)4)14-16-27(30-28)21-9-6-5-7-10-21/h5-20H,1-4H3. The lowest BCUT2D eigenvalue weighted by Gasteiger charge is -2.15. The van der Waals surface area contributed by atoms with Gasteiger partial charge in [-0.15, -0.1) is 0 Å². The Hall–Kier alpha value is -3.26. The quantitative estimate of drug-likeness (QED) is 0.347. The Morgan fingerprint density at radius 1 is 0.600 bits per heavy atom. The molecule has 150 valence electrons. The highest BCUT2D eigenvalue weighted by Crippen LogP contribution is 2.32. The fourth-order valence-corrected chi connectivity index (χ4v) is 3.68. The van der Waals surface area contributed by atoms with Gasteiger partial charge in [0, 0.05) is 22.9 Å². The summed E-state index contributed by atoms with van der Waals surface area (Å²) < 4.78 is 0. The van der Waals surface area contributed by atoms with Gasteiger partial charge in [-0.1, -0.05) is 88.4 Å². The second-order valence-electron chi connectivity index (χ2n) is 8.37. The van der Waals surface area contributed by atoms with Crippen LogP contribution in [0, 0.1) is 0 Å². The van der Waals surface area contributed by atoms with Crippen LogP contribution in [0.4, 0.5) is 0 Å². The lowest BCUT2D eigenvalue weighted by atomic mass is 9.94. The number of benzene rings is 2. The van der Waals surface area contributed by atoms with E-state index in [4.69, 9.17) is 9.97 Å². The molecule has 0 amide bonds. The number of hydrogen-bond donors (Lipinski definition) is 0. The number of hydrogen-bond acceptors (Lipinski definition) is 2. The van der Waals surface area contributed by atoms with E-state index in [9.17, 15) is 0 Å². The highest BCUT2D eigenvalue weighted by atomic mass is 14.7. The largest absolute Gasteiger partial charge is 0.256 e. The van der Waals surface area contributed by atoms with Crippen LogP contribution in [0.2, 0.25) is 0 Å². The SMILES string of the molecule is CC(C)c1ccc(-c2cccc(-c3nc(-c4ccccc4)ccc3C(C)C)c2)nc1. The zero-order valence-corrected chi connectivity index (χ0v) is 18.1. The van der Waals surface area contributed by atoms with Crippen LogP contribution in [0.25, 0.3) is 33.8 Å². The molecule has 0 atom stereocenters. The van der Waals surface area contributed by atoms with E-state index >= 15 is 0 Å². The van der Waals surface area contributed by atoms with Crippen LogP contribution in [0.5, 0.6) is 0 Å². The van der Waals surface area contributed by atoms with E-state index in [2.05, 4.69) is 100 Å². The van der Waals surface area contributed by atoms with E-state index in [0.29, 0.717) is 11.8 Å². The first-order valence-electron chi connectivity index (χ1n) is 10.7. The summed E-state index contributed by atoms with van der Waals surface area (Å²) in [6, 6.07) is 27.6. The van der Waals surface area contributed by atoms with Crippen molar-refractivity contribution in [3.8, 4) is 33.8 Å². The van der Waals surface area contributed by atoms with Crippen molar-refractivity contribution in [2.75, 3.05) is 0 Å². The maximum absolute atomic E-state index is 5.09. The van der Waals surface area contributed by atoms with Gasteiger partial charge in [0.25, 0.3) is 0 Å². The van der Waals surface area contributed by atoms with E-state index in [-0.39, 0.29) is 0 Å². The third kappa shape index (κ3) is 4.18. The van der Waals surface area contributed by atoms with Crippen LogP contribution in [0.15, 0.2) is 85.1 Å². The maximum Gasteiger partial charge on any atom is 0.0744 e. The average molecular weight is 393 g/mol. The fourth-order valence-electron chi connectivity index (χ4n) is 3.68. The Morgan fingerprint density at radius 3 is 1.97 bits per heavy atom. The summed E-state index contributed by atoms with van der Waals surface area (Å²) in [6.07, 6.45) is 1.99. The maximum atomic E-state index is 5.09. The van der Waals surface area contributed by atoms with Gasteiger partial charge in [0.1, 0.15) is 0 Å². The van der Waals surface area contributed by atoms with Gasteiger partial charge in [0.05, 0.1) is 17.1 Å². The molecule has 0 bridgehead atoms. The highest BCUT2D eigenvalue weighted by Gasteiger charge is 2.13. The molecular formula is C28H28N2. The van der Waals surface area contributed by atoms with Crippen LogP contribution >= 0.6 is 0 Å². The van der Waals surface area contributed by atoms with Gasteiger partial charge in [0.15, 0.2) is 0 Å². The van der Waals surface area contributed by atoms with Crippen LogP contribution in [-0.2, 0) is 0 Å². The Morgan fingerprint density at radius 2 is 1.30 bits per heavy atom. The Bertz CT molecular complexity index is 1130. The molecule has 4 aromatic rings. The molecule has 0 aliphatic heterocycles. The first kappa shape index (κ1) is 20.0. The first-order valence-corrected chi connectivity index (χ1v) is 10.7. The van der Waals surface area contributed by atoms with Crippen LogP contribution in [0.3, 0.4) is 0 Å². The van der Waals surface area contributed by atoms with Gasteiger partial charge in [0.2, 0.25) is 0 Å². The smallest absolute Gasteiger partial charge is 0.0744 e. The minimum absolute atomic E-state index is 0.393. The van der Waals surface area contributed by atoms with Crippen LogP contribution in [0.1, 0.15) is 50.7 Å². The lowest BCUT2D eigenvalue weighted by molar-refractivity contribution is 0.859. The molecule has 0 unspecified atom stereocenters. The van der Waals surface area contributed by atoms with Crippen LogP contribution in [-0.4, -0.2) is 9.97 Å². The predicted octanol–water partition coefficient (Wildman–Crippen LogP) is 7.72. The molecule has 0 fully saturated rings. The predicted molar refractivity (Wildman–Crippen MR) is 127 cm³/mol. The summed E-state index contributed by atoms with van der Waals surface area (Å²) in [5.74, 6) is 0.876. The molecular weight excluding hydrogens is 364 g/mol. The van der Waals surface area contributed by atoms with Crippen molar-refractivity contribution in [3.05, 3.63) is 96.2 Å². The third-order valence-corrected chi connectivity index (χ3v) is 5.50. The molecule has 0 aliphatic rings. The van der Waals surface area contributed by atoms with Crippen molar-refractivity contribution in [3.63, 3.8) is 0 Å². The molecule has 2 heteroatoms. The molecule has 0 aliphatic carbocycles. The van der Waals surface area contributed by atoms with Gasteiger partial charge >= 0.3 is 0 Å². The lowest BCUT2D eigenvalue weighted by Crippen LogP contribution is -1.98. The molecule has 0 N–H and O–H groups in total. The van der Waals surface area contributed by atoms with Crippen molar-refractivity contribution in [2.24, 2.45) is 0 Å². The zero-order chi connectivity index (χ0) is 21.1. The average Bonchev–Trinajstić information content (AvgIpc) is 2.79. The topological polar surface area (TPSA) is 25.8 Å². The molecule has 0 saturated heterocycles. The first-order chi connectivity index (χ1) is 14.5. The molecule has 0 spiro atoms. The number of aromatic nitrogens is 2. The van der Waals surface area contributed by atoms with Gasteiger partial charge in [-0.25, -0.2) is 4.98 Å². The summed E-state index contributed by atoms with van der Waals surface area (Å²) in [5, 5.41) is 0. The monoisotopic (exact) mass is 392 g/mol. The number of nitrogens with zero attached hydrogens (tertiary/aromatic N) is 2. The van der Waals surface area contributed by atoms with E-state index < -0.39 is 0 Å². The number of pyridine rings is 2. The van der Waals surface area contributed by atoms with E-state index in [0.717, 1.165) is 33.8 Å².